The van der Waals surface area contributed by atoms with Crippen molar-refractivity contribution in [1.82, 2.24) is 14.6 Å². The standard InChI is InChI=1S/C18H14Cl2N4O5S/c1-28-16(26)9-3-10(17(27)29-2)5-12(4-9)21-14(25)8-30-18-23-22-15-13(20)6-11(19)7-24(15)18/h3-7H,8H2,1-2H3,(H,21,25). The Kier molecular flexibility index (Phi) is 6.80. The lowest BCUT2D eigenvalue weighted by molar-refractivity contribution is -0.113. The minimum atomic E-state index is -0.658. The number of pyridine rings is 1. The van der Waals surface area contributed by atoms with Crippen molar-refractivity contribution in [3.63, 3.8) is 0 Å². The highest BCUT2D eigenvalue weighted by atomic mass is 35.5. The van der Waals surface area contributed by atoms with E-state index in [2.05, 4.69) is 25.0 Å². The van der Waals surface area contributed by atoms with Gasteiger partial charge in [-0.2, -0.15) is 0 Å². The number of fused-ring (bicyclic) bond motifs is 1. The summed E-state index contributed by atoms with van der Waals surface area (Å²) in [6.45, 7) is 0. The maximum Gasteiger partial charge on any atom is 0.337 e. The molecule has 0 aliphatic carbocycles. The largest absolute Gasteiger partial charge is 0.465 e. The number of nitrogens with zero attached hydrogens (tertiary/aromatic N) is 3. The van der Waals surface area contributed by atoms with Crippen molar-refractivity contribution in [3.8, 4) is 0 Å². The summed E-state index contributed by atoms with van der Waals surface area (Å²) in [6.07, 6.45) is 1.59. The Hall–Kier alpha value is -2.82. The Morgan fingerprint density at radius 2 is 1.67 bits per heavy atom. The van der Waals surface area contributed by atoms with Crippen LogP contribution in [0.4, 0.5) is 5.69 Å². The Bertz CT molecular complexity index is 1120. The third-order valence-electron chi connectivity index (χ3n) is 3.79. The fourth-order valence-electron chi connectivity index (χ4n) is 2.50. The summed E-state index contributed by atoms with van der Waals surface area (Å²) in [5.74, 6) is -1.74. The van der Waals surface area contributed by atoms with Crippen LogP contribution in [0, 0.1) is 0 Å². The van der Waals surface area contributed by atoms with Gasteiger partial charge in [0.15, 0.2) is 10.8 Å². The lowest BCUT2D eigenvalue weighted by atomic mass is 10.1. The molecular formula is C18H14Cl2N4O5S. The van der Waals surface area contributed by atoms with E-state index < -0.39 is 17.8 Å². The lowest BCUT2D eigenvalue weighted by Gasteiger charge is -2.09. The van der Waals surface area contributed by atoms with E-state index in [-0.39, 0.29) is 22.6 Å². The van der Waals surface area contributed by atoms with E-state index in [1.807, 2.05) is 0 Å². The number of carbonyl (C=O) groups is 3. The van der Waals surface area contributed by atoms with Gasteiger partial charge in [0.25, 0.3) is 0 Å². The van der Waals surface area contributed by atoms with Crippen LogP contribution in [0.2, 0.25) is 10.0 Å². The van der Waals surface area contributed by atoms with Crippen molar-refractivity contribution in [2.45, 2.75) is 5.16 Å². The first kappa shape index (κ1) is 21.9. The minimum Gasteiger partial charge on any atom is -0.465 e. The summed E-state index contributed by atoms with van der Waals surface area (Å²) in [6, 6.07) is 5.65. The summed E-state index contributed by atoms with van der Waals surface area (Å²) < 4.78 is 10.9. The van der Waals surface area contributed by atoms with E-state index in [1.165, 1.54) is 32.4 Å². The van der Waals surface area contributed by atoms with E-state index in [0.29, 0.717) is 20.8 Å². The molecule has 2 aromatic heterocycles. The van der Waals surface area contributed by atoms with E-state index in [0.717, 1.165) is 11.8 Å². The smallest absolute Gasteiger partial charge is 0.337 e. The van der Waals surface area contributed by atoms with Gasteiger partial charge in [0, 0.05) is 11.9 Å². The zero-order valence-electron chi connectivity index (χ0n) is 15.6. The maximum atomic E-state index is 12.4. The van der Waals surface area contributed by atoms with Crippen LogP contribution in [-0.4, -0.2) is 52.4 Å². The second kappa shape index (κ2) is 9.33. The Morgan fingerprint density at radius 3 is 2.27 bits per heavy atom. The summed E-state index contributed by atoms with van der Waals surface area (Å²) in [4.78, 5) is 36.1. The zero-order chi connectivity index (χ0) is 21.8. The molecule has 3 aromatic rings. The Balaban J connectivity index is 1.76. The predicted octanol–water partition coefficient (Wildman–Crippen LogP) is 3.34. The molecule has 0 fully saturated rings. The van der Waals surface area contributed by atoms with Gasteiger partial charge in [-0.25, -0.2) is 9.59 Å². The first-order valence-corrected chi connectivity index (χ1v) is 10.0. The van der Waals surface area contributed by atoms with Crippen LogP contribution in [0.1, 0.15) is 20.7 Å². The molecule has 1 aromatic carbocycles. The van der Waals surface area contributed by atoms with Crippen LogP contribution in [0.5, 0.6) is 0 Å². The quantitative estimate of drug-likeness (QED) is 0.432. The molecule has 0 aliphatic rings. The van der Waals surface area contributed by atoms with Crippen molar-refractivity contribution in [3.05, 3.63) is 51.6 Å². The molecule has 0 spiro atoms. The molecule has 0 radical (unpaired) electrons. The minimum absolute atomic E-state index is 0.0269. The number of rotatable bonds is 6. The molecular weight excluding hydrogens is 455 g/mol. The summed E-state index contributed by atoms with van der Waals surface area (Å²) >= 11 is 13.2. The van der Waals surface area contributed by atoms with Crippen LogP contribution >= 0.6 is 35.0 Å². The molecule has 1 N–H and O–H groups in total. The lowest BCUT2D eigenvalue weighted by Crippen LogP contribution is -2.16. The van der Waals surface area contributed by atoms with Crippen molar-refractivity contribution in [1.29, 1.82) is 0 Å². The third kappa shape index (κ3) is 4.84. The van der Waals surface area contributed by atoms with E-state index in [4.69, 9.17) is 23.2 Å². The molecule has 0 unspecified atom stereocenters. The summed E-state index contributed by atoms with van der Waals surface area (Å²) in [5.41, 5.74) is 0.839. The van der Waals surface area contributed by atoms with Crippen LogP contribution in [-0.2, 0) is 14.3 Å². The number of benzene rings is 1. The first-order chi connectivity index (χ1) is 14.3. The number of anilines is 1. The third-order valence-corrected chi connectivity index (χ3v) is 5.21. The molecule has 3 rings (SSSR count). The monoisotopic (exact) mass is 468 g/mol. The number of carbonyl (C=O) groups excluding carboxylic acids is 3. The van der Waals surface area contributed by atoms with Gasteiger partial charge in [-0.15, -0.1) is 10.2 Å². The topological polar surface area (TPSA) is 112 Å². The number of hydrogen-bond acceptors (Lipinski definition) is 8. The van der Waals surface area contributed by atoms with E-state index >= 15 is 0 Å². The van der Waals surface area contributed by atoms with E-state index in [1.54, 1.807) is 16.7 Å². The highest BCUT2D eigenvalue weighted by molar-refractivity contribution is 7.99. The second-order valence-electron chi connectivity index (χ2n) is 5.80. The molecule has 0 bridgehead atoms. The van der Waals surface area contributed by atoms with Gasteiger partial charge in [0.2, 0.25) is 5.91 Å². The predicted molar refractivity (Wildman–Crippen MR) is 111 cm³/mol. The average Bonchev–Trinajstić information content (AvgIpc) is 3.13. The molecule has 156 valence electrons. The number of thioether (sulfide) groups is 1. The van der Waals surface area contributed by atoms with Crippen LogP contribution in [0.3, 0.4) is 0 Å². The molecule has 0 atom stereocenters. The maximum absolute atomic E-state index is 12.4. The van der Waals surface area contributed by atoms with Crippen LogP contribution in [0.15, 0.2) is 35.6 Å². The van der Waals surface area contributed by atoms with Crippen LogP contribution in [0.25, 0.3) is 5.65 Å². The Morgan fingerprint density at radius 1 is 1.03 bits per heavy atom. The van der Waals surface area contributed by atoms with Gasteiger partial charge < -0.3 is 14.8 Å². The number of hydrogen-bond donors (Lipinski definition) is 1. The summed E-state index contributed by atoms with van der Waals surface area (Å²) in [5, 5.41) is 11.8. The van der Waals surface area contributed by atoms with Crippen molar-refractivity contribution >= 4 is 64.1 Å². The second-order valence-corrected chi connectivity index (χ2v) is 7.59. The molecule has 0 saturated carbocycles. The molecule has 0 saturated heterocycles. The van der Waals surface area contributed by atoms with Crippen molar-refractivity contribution in [2.75, 3.05) is 25.3 Å². The molecule has 1 amide bonds. The number of aromatic nitrogens is 3. The molecule has 0 aliphatic heterocycles. The number of halogens is 2. The van der Waals surface area contributed by atoms with Gasteiger partial charge in [0.1, 0.15) is 0 Å². The van der Waals surface area contributed by atoms with Gasteiger partial charge >= 0.3 is 11.9 Å². The van der Waals surface area contributed by atoms with Crippen LogP contribution < -0.4 is 5.32 Å². The number of esters is 2. The van der Waals surface area contributed by atoms with Gasteiger partial charge in [-0.3, -0.25) is 9.20 Å². The fraction of sp³-hybridized carbons (Fsp3) is 0.167. The molecule has 9 nitrogen and oxygen atoms in total. The zero-order valence-corrected chi connectivity index (χ0v) is 18.0. The Labute approximate surface area is 184 Å². The normalized spacial score (nSPS) is 10.7. The molecule has 12 heteroatoms. The van der Waals surface area contributed by atoms with E-state index in [9.17, 15) is 14.4 Å². The van der Waals surface area contributed by atoms with Gasteiger partial charge in [0.05, 0.1) is 41.1 Å². The average molecular weight is 469 g/mol. The highest BCUT2D eigenvalue weighted by Gasteiger charge is 2.16. The molecule has 2 heterocycles. The fourth-order valence-corrected chi connectivity index (χ4v) is 3.72. The first-order valence-electron chi connectivity index (χ1n) is 8.26. The summed E-state index contributed by atoms with van der Waals surface area (Å²) in [7, 11) is 2.42. The number of ether oxygens (including phenoxy) is 2. The SMILES string of the molecule is COC(=O)c1cc(NC(=O)CSc2nnc3c(Cl)cc(Cl)cn23)cc(C(=O)OC)c1. The van der Waals surface area contributed by atoms with Crippen molar-refractivity contribution < 1.29 is 23.9 Å². The van der Waals surface area contributed by atoms with Gasteiger partial charge in [-0.1, -0.05) is 35.0 Å². The molecule has 30 heavy (non-hydrogen) atoms. The number of amides is 1. The van der Waals surface area contributed by atoms with Gasteiger partial charge in [-0.05, 0) is 24.3 Å². The highest BCUT2D eigenvalue weighted by Crippen LogP contribution is 2.25. The number of methoxy groups -OCH3 is 2. The number of nitrogens with one attached hydrogen (secondary N) is 1. The van der Waals surface area contributed by atoms with Crippen molar-refractivity contribution in [2.24, 2.45) is 0 Å².